The van der Waals surface area contributed by atoms with Crippen LogP contribution in [-0.4, -0.2) is 11.4 Å². The third-order valence-corrected chi connectivity index (χ3v) is 4.38. The summed E-state index contributed by atoms with van der Waals surface area (Å²) >= 11 is 0. The Balaban J connectivity index is 1.73. The number of allylic oxidation sites excluding steroid dienone is 1. The Labute approximate surface area is 151 Å². The Morgan fingerprint density at radius 3 is 1.60 bits per heavy atom. The molecule has 0 atom stereocenters. The summed E-state index contributed by atoms with van der Waals surface area (Å²) in [6.07, 6.45) is 2.33. The van der Waals surface area contributed by atoms with Crippen LogP contribution in [0.1, 0.15) is 23.6 Å². The first-order chi connectivity index (χ1) is 12.3. The third-order valence-electron chi connectivity index (χ3n) is 4.38. The zero-order valence-corrected chi connectivity index (χ0v) is 14.8. The van der Waals surface area contributed by atoms with Crippen molar-refractivity contribution in [1.82, 2.24) is 4.90 Å². The van der Waals surface area contributed by atoms with E-state index in [9.17, 15) is 0 Å². The molecule has 3 rings (SSSR count). The van der Waals surface area contributed by atoms with Gasteiger partial charge in [0.05, 0.1) is 0 Å². The minimum absolute atomic E-state index is 0.935. The zero-order chi connectivity index (χ0) is 17.3. The van der Waals surface area contributed by atoms with Crippen molar-refractivity contribution in [1.29, 1.82) is 0 Å². The molecule has 0 unspecified atom stereocenters. The first kappa shape index (κ1) is 17.2. The van der Waals surface area contributed by atoms with Crippen LogP contribution in [0, 0.1) is 0 Å². The van der Waals surface area contributed by atoms with E-state index < -0.39 is 0 Å². The predicted octanol–water partition coefficient (Wildman–Crippen LogP) is 5.79. The number of hydrogen-bond acceptors (Lipinski definition) is 1. The van der Waals surface area contributed by atoms with E-state index in [0.29, 0.717) is 0 Å². The van der Waals surface area contributed by atoms with Crippen molar-refractivity contribution < 1.29 is 0 Å². The molecule has 1 heteroatoms. The summed E-state index contributed by atoms with van der Waals surface area (Å²) in [6, 6.07) is 32.0. The summed E-state index contributed by atoms with van der Waals surface area (Å²) in [5.74, 6) is 0. The summed E-state index contributed by atoms with van der Waals surface area (Å²) in [7, 11) is 0. The molecule has 126 valence electrons. The van der Waals surface area contributed by atoms with Gasteiger partial charge in [-0.25, -0.2) is 0 Å². The molecule has 0 spiro atoms. The van der Waals surface area contributed by atoms with Crippen molar-refractivity contribution in [2.24, 2.45) is 0 Å². The van der Waals surface area contributed by atoms with Gasteiger partial charge in [-0.2, -0.15) is 0 Å². The fraction of sp³-hybridized carbons (Fsp3) is 0.167. The van der Waals surface area contributed by atoms with Crippen LogP contribution in [-0.2, 0) is 13.1 Å². The molecule has 0 radical (unpaired) electrons. The van der Waals surface area contributed by atoms with E-state index in [-0.39, 0.29) is 0 Å². The Bertz CT molecular complexity index is 735. The number of nitrogens with zero attached hydrogens (tertiary/aromatic N) is 1. The van der Waals surface area contributed by atoms with Gasteiger partial charge in [0, 0.05) is 19.6 Å². The molecular formula is C24H25N. The maximum absolute atomic E-state index is 2.48. The van der Waals surface area contributed by atoms with Gasteiger partial charge in [0.2, 0.25) is 0 Å². The van der Waals surface area contributed by atoms with Crippen molar-refractivity contribution in [3.05, 3.63) is 114 Å². The standard InChI is InChI=1S/C24H25N/c1-21(24-15-9-4-10-16-24)17-18-25(19-22-11-5-2-6-12-22)20-23-13-7-3-8-14-23/h2-17H,18-20H2,1H3. The van der Waals surface area contributed by atoms with Crippen LogP contribution in [0.5, 0.6) is 0 Å². The van der Waals surface area contributed by atoms with Crippen LogP contribution >= 0.6 is 0 Å². The lowest BCUT2D eigenvalue weighted by Gasteiger charge is -2.21. The van der Waals surface area contributed by atoms with Crippen LogP contribution in [0.4, 0.5) is 0 Å². The predicted molar refractivity (Wildman–Crippen MR) is 107 cm³/mol. The van der Waals surface area contributed by atoms with Gasteiger partial charge in [0.1, 0.15) is 0 Å². The second kappa shape index (κ2) is 9.00. The molecule has 1 nitrogen and oxygen atoms in total. The first-order valence-electron chi connectivity index (χ1n) is 8.83. The molecule has 0 aliphatic rings. The van der Waals surface area contributed by atoms with Gasteiger partial charge in [-0.05, 0) is 29.2 Å². The highest BCUT2D eigenvalue weighted by molar-refractivity contribution is 5.63. The van der Waals surface area contributed by atoms with E-state index >= 15 is 0 Å². The van der Waals surface area contributed by atoms with Gasteiger partial charge < -0.3 is 0 Å². The normalized spacial score (nSPS) is 11.7. The monoisotopic (exact) mass is 327 g/mol. The fourth-order valence-corrected chi connectivity index (χ4v) is 2.95. The van der Waals surface area contributed by atoms with Crippen molar-refractivity contribution in [3.8, 4) is 0 Å². The highest BCUT2D eigenvalue weighted by Gasteiger charge is 2.06. The van der Waals surface area contributed by atoms with Crippen molar-refractivity contribution in [2.75, 3.05) is 6.54 Å². The quantitative estimate of drug-likeness (QED) is 0.530. The molecule has 0 saturated heterocycles. The van der Waals surface area contributed by atoms with Gasteiger partial charge in [-0.3, -0.25) is 4.90 Å². The topological polar surface area (TPSA) is 3.24 Å². The molecule has 0 heterocycles. The zero-order valence-electron chi connectivity index (χ0n) is 14.8. The average molecular weight is 327 g/mol. The number of hydrogen-bond donors (Lipinski definition) is 0. The average Bonchev–Trinajstić information content (AvgIpc) is 2.68. The SMILES string of the molecule is CC(=CCN(Cc1ccccc1)Cc1ccccc1)c1ccccc1. The molecule has 0 N–H and O–H groups in total. The van der Waals surface area contributed by atoms with Crippen LogP contribution in [0.15, 0.2) is 97.1 Å². The minimum atomic E-state index is 0.935. The summed E-state index contributed by atoms with van der Waals surface area (Å²) in [5.41, 5.74) is 5.32. The largest absolute Gasteiger partial charge is 0.291 e. The number of benzene rings is 3. The molecular weight excluding hydrogens is 302 g/mol. The van der Waals surface area contributed by atoms with Crippen molar-refractivity contribution >= 4 is 5.57 Å². The van der Waals surface area contributed by atoms with E-state index in [1.54, 1.807) is 0 Å². The van der Waals surface area contributed by atoms with Crippen molar-refractivity contribution in [2.45, 2.75) is 20.0 Å². The Morgan fingerprint density at radius 2 is 1.12 bits per heavy atom. The lowest BCUT2D eigenvalue weighted by Crippen LogP contribution is -2.23. The van der Waals surface area contributed by atoms with Gasteiger partial charge in [-0.1, -0.05) is 97.1 Å². The maximum atomic E-state index is 2.48. The van der Waals surface area contributed by atoms with Crippen LogP contribution < -0.4 is 0 Å². The molecule has 25 heavy (non-hydrogen) atoms. The molecule has 0 aromatic heterocycles. The molecule has 0 aliphatic carbocycles. The summed E-state index contributed by atoms with van der Waals surface area (Å²) in [5, 5.41) is 0. The Hall–Kier alpha value is -2.64. The lowest BCUT2D eigenvalue weighted by molar-refractivity contribution is 0.286. The number of rotatable bonds is 7. The van der Waals surface area contributed by atoms with Crippen LogP contribution in [0.3, 0.4) is 0 Å². The molecule has 3 aromatic carbocycles. The Morgan fingerprint density at radius 1 is 0.680 bits per heavy atom. The summed E-state index contributed by atoms with van der Waals surface area (Å²) in [4.78, 5) is 2.48. The van der Waals surface area contributed by atoms with Crippen LogP contribution in [0.2, 0.25) is 0 Å². The lowest BCUT2D eigenvalue weighted by atomic mass is 10.1. The molecule has 0 amide bonds. The second-order valence-electron chi connectivity index (χ2n) is 6.39. The van der Waals surface area contributed by atoms with E-state index in [0.717, 1.165) is 19.6 Å². The minimum Gasteiger partial charge on any atom is -0.291 e. The summed E-state index contributed by atoms with van der Waals surface area (Å²) < 4.78 is 0. The second-order valence-corrected chi connectivity index (χ2v) is 6.39. The first-order valence-corrected chi connectivity index (χ1v) is 8.83. The molecule has 0 fully saturated rings. The van der Waals surface area contributed by atoms with E-state index in [2.05, 4.69) is 109 Å². The summed E-state index contributed by atoms with van der Waals surface area (Å²) in [6.45, 7) is 5.03. The molecule has 0 saturated carbocycles. The van der Waals surface area contributed by atoms with Crippen molar-refractivity contribution in [3.63, 3.8) is 0 Å². The van der Waals surface area contributed by atoms with Gasteiger partial charge in [0.25, 0.3) is 0 Å². The van der Waals surface area contributed by atoms with Gasteiger partial charge in [-0.15, -0.1) is 0 Å². The third kappa shape index (κ3) is 5.44. The molecule has 0 aliphatic heterocycles. The molecule has 3 aromatic rings. The molecule has 0 bridgehead atoms. The van der Waals surface area contributed by atoms with E-state index in [4.69, 9.17) is 0 Å². The maximum Gasteiger partial charge on any atom is 0.0240 e. The highest BCUT2D eigenvalue weighted by Crippen LogP contribution is 2.15. The highest BCUT2D eigenvalue weighted by atomic mass is 15.1. The van der Waals surface area contributed by atoms with Crippen LogP contribution in [0.25, 0.3) is 5.57 Å². The van der Waals surface area contributed by atoms with E-state index in [1.165, 1.54) is 22.3 Å². The van der Waals surface area contributed by atoms with Gasteiger partial charge in [0.15, 0.2) is 0 Å². The van der Waals surface area contributed by atoms with E-state index in [1.807, 2.05) is 0 Å². The Kier molecular flexibility index (Phi) is 6.19. The fourth-order valence-electron chi connectivity index (χ4n) is 2.95. The van der Waals surface area contributed by atoms with Gasteiger partial charge >= 0.3 is 0 Å². The smallest absolute Gasteiger partial charge is 0.0240 e.